The van der Waals surface area contributed by atoms with E-state index in [1.165, 1.54) is 0 Å². The van der Waals surface area contributed by atoms with Crippen LogP contribution in [0.3, 0.4) is 0 Å². The van der Waals surface area contributed by atoms with Crippen LogP contribution >= 0.6 is 0 Å². The molecule has 0 saturated carbocycles. The van der Waals surface area contributed by atoms with E-state index < -0.39 is 0 Å². The lowest BCUT2D eigenvalue weighted by Crippen LogP contribution is -2.27. The standard InChI is InChI=1S/C16H20N2O2/c1-20-12-11-17-10-7-13-14(5-4-6-15(13)17)16(19)18-8-2-3-9-18/h4-7,10H,2-3,8-9,11-12H2,1H3. The van der Waals surface area contributed by atoms with E-state index in [2.05, 4.69) is 10.6 Å². The maximum Gasteiger partial charge on any atom is 0.254 e. The van der Waals surface area contributed by atoms with Gasteiger partial charge in [0.2, 0.25) is 0 Å². The summed E-state index contributed by atoms with van der Waals surface area (Å²) in [7, 11) is 1.70. The van der Waals surface area contributed by atoms with Crippen LogP contribution in [0, 0.1) is 0 Å². The zero-order chi connectivity index (χ0) is 13.9. The van der Waals surface area contributed by atoms with Crippen LogP contribution in [0.2, 0.25) is 0 Å². The summed E-state index contributed by atoms with van der Waals surface area (Å²) in [5.74, 6) is 0.164. The molecule has 2 heterocycles. The normalized spacial score (nSPS) is 15.2. The maximum atomic E-state index is 12.6. The van der Waals surface area contributed by atoms with E-state index in [1.54, 1.807) is 7.11 Å². The number of benzene rings is 1. The molecule has 1 aliphatic rings. The third kappa shape index (κ3) is 2.31. The number of carbonyl (C=O) groups is 1. The summed E-state index contributed by atoms with van der Waals surface area (Å²) in [4.78, 5) is 14.5. The van der Waals surface area contributed by atoms with Crippen molar-refractivity contribution in [2.24, 2.45) is 0 Å². The van der Waals surface area contributed by atoms with Gasteiger partial charge in [0.25, 0.3) is 5.91 Å². The van der Waals surface area contributed by atoms with Crippen molar-refractivity contribution in [2.45, 2.75) is 19.4 Å². The van der Waals surface area contributed by atoms with Crippen molar-refractivity contribution in [2.75, 3.05) is 26.8 Å². The van der Waals surface area contributed by atoms with Crippen LogP contribution in [0.1, 0.15) is 23.2 Å². The summed E-state index contributed by atoms with van der Waals surface area (Å²) in [6.07, 6.45) is 4.28. The first-order valence-corrected chi connectivity index (χ1v) is 7.17. The van der Waals surface area contributed by atoms with Crippen LogP contribution in [0.4, 0.5) is 0 Å². The second-order valence-electron chi connectivity index (χ2n) is 5.24. The number of nitrogens with zero attached hydrogens (tertiary/aromatic N) is 2. The zero-order valence-corrected chi connectivity index (χ0v) is 11.8. The summed E-state index contributed by atoms with van der Waals surface area (Å²) in [5.41, 5.74) is 1.92. The summed E-state index contributed by atoms with van der Waals surface area (Å²) < 4.78 is 7.27. The van der Waals surface area contributed by atoms with E-state index >= 15 is 0 Å². The van der Waals surface area contributed by atoms with Crippen molar-refractivity contribution in [1.29, 1.82) is 0 Å². The molecule has 1 aliphatic heterocycles. The minimum absolute atomic E-state index is 0.164. The molecule has 4 heteroatoms. The second kappa shape index (κ2) is 5.67. The first kappa shape index (κ1) is 13.2. The molecular formula is C16H20N2O2. The van der Waals surface area contributed by atoms with Gasteiger partial charge in [0.05, 0.1) is 6.61 Å². The van der Waals surface area contributed by atoms with E-state index in [0.29, 0.717) is 6.61 Å². The van der Waals surface area contributed by atoms with Crippen molar-refractivity contribution in [1.82, 2.24) is 9.47 Å². The summed E-state index contributed by atoms with van der Waals surface area (Å²) in [6, 6.07) is 8.00. The molecule has 0 unspecified atom stereocenters. The molecule has 1 fully saturated rings. The Hall–Kier alpha value is -1.81. The Morgan fingerprint density at radius 1 is 1.25 bits per heavy atom. The molecular weight excluding hydrogens is 252 g/mol. The number of carbonyl (C=O) groups excluding carboxylic acids is 1. The van der Waals surface area contributed by atoms with E-state index in [0.717, 1.165) is 48.9 Å². The highest BCUT2D eigenvalue weighted by Gasteiger charge is 2.21. The highest BCUT2D eigenvalue weighted by atomic mass is 16.5. The molecule has 4 nitrogen and oxygen atoms in total. The monoisotopic (exact) mass is 272 g/mol. The van der Waals surface area contributed by atoms with E-state index in [9.17, 15) is 4.79 Å². The number of hydrogen-bond donors (Lipinski definition) is 0. The van der Waals surface area contributed by atoms with Gasteiger partial charge in [0, 0.05) is 49.4 Å². The van der Waals surface area contributed by atoms with E-state index in [1.807, 2.05) is 29.3 Å². The Balaban J connectivity index is 1.95. The zero-order valence-electron chi connectivity index (χ0n) is 11.8. The topological polar surface area (TPSA) is 34.5 Å². The van der Waals surface area contributed by atoms with Gasteiger partial charge >= 0.3 is 0 Å². The Morgan fingerprint density at radius 2 is 2.05 bits per heavy atom. The maximum absolute atomic E-state index is 12.6. The van der Waals surface area contributed by atoms with Crippen LogP contribution in [-0.4, -0.2) is 42.2 Å². The fourth-order valence-corrected chi connectivity index (χ4v) is 2.89. The molecule has 0 atom stereocenters. The molecule has 106 valence electrons. The third-order valence-electron chi connectivity index (χ3n) is 3.97. The van der Waals surface area contributed by atoms with Crippen molar-refractivity contribution in [3.05, 3.63) is 36.0 Å². The van der Waals surface area contributed by atoms with Gasteiger partial charge in [-0.1, -0.05) is 6.07 Å². The van der Waals surface area contributed by atoms with Crippen LogP contribution in [0.25, 0.3) is 10.9 Å². The molecule has 0 bridgehead atoms. The van der Waals surface area contributed by atoms with E-state index in [-0.39, 0.29) is 5.91 Å². The summed E-state index contributed by atoms with van der Waals surface area (Å²) in [6.45, 7) is 3.26. The Morgan fingerprint density at radius 3 is 2.80 bits per heavy atom. The van der Waals surface area contributed by atoms with Crippen LogP contribution < -0.4 is 0 Å². The first-order chi connectivity index (χ1) is 9.81. The molecule has 1 amide bonds. The molecule has 1 saturated heterocycles. The lowest BCUT2D eigenvalue weighted by atomic mass is 10.1. The molecule has 3 rings (SSSR count). The summed E-state index contributed by atoms with van der Waals surface area (Å²) in [5, 5.41) is 1.04. The summed E-state index contributed by atoms with van der Waals surface area (Å²) >= 11 is 0. The molecule has 1 aromatic carbocycles. The Kier molecular flexibility index (Phi) is 3.74. The third-order valence-corrected chi connectivity index (χ3v) is 3.97. The molecule has 1 aromatic heterocycles. The Bertz CT molecular complexity index is 612. The van der Waals surface area contributed by atoms with Gasteiger partial charge in [0.15, 0.2) is 0 Å². The Labute approximate surface area is 118 Å². The minimum atomic E-state index is 0.164. The number of methoxy groups -OCH3 is 1. The fraction of sp³-hybridized carbons (Fsp3) is 0.438. The van der Waals surface area contributed by atoms with Crippen LogP contribution in [0.5, 0.6) is 0 Å². The number of rotatable bonds is 4. The lowest BCUT2D eigenvalue weighted by Gasteiger charge is -2.16. The number of amides is 1. The van der Waals surface area contributed by atoms with Crippen LogP contribution in [-0.2, 0) is 11.3 Å². The highest BCUT2D eigenvalue weighted by molar-refractivity contribution is 6.06. The molecule has 0 aliphatic carbocycles. The van der Waals surface area contributed by atoms with Gasteiger partial charge in [-0.25, -0.2) is 0 Å². The second-order valence-corrected chi connectivity index (χ2v) is 5.24. The average Bonchev–Trinajstić information content (AvgIpc) is 3.13. The number of ether oxygens (including phenoxy) is 1. The van der Waals surface area contributed by atoms with Gasteiger partial charge in [-0.15, -0.1) is 0 Å². The SMILES string of the molecule is COCCn1ccc2c(C(=O)N3CCCC3)cccc21. The number of fused-ring (bicyclic) bond motifs is 1. The van der Waals surface area contributed by atoms with Gasteiger partial charge in [-0.3, -0.25) is 4.79 Å². The van der Waals surface area contributed by atoms with Crippen molar-refractivity contribution < 1.29 is 9.53 Å². The first-order valence-electron chi connectivity index (χ1n) is 7.17. The van der Waals surface area contributed by atoms with Gasteiger partial charge in [-0.2, -0.15) is 0 Å². The van der Waals surface area contributed by atoms with Gasteiger partial charge in [-0.05, 0) is 31.0 Å². The van der Waals surface area contributed by atoms with Crippen molar-refractivity contribution in [3.63, 3.8) is 0 Å². The van der Waals surface area contributed by atoms with Crippen LogP contribution in [0.15, 0.2) is 30.5 Å². The molecule has 2 aromatic rings. The quantitative estimate of drug-likeness (QED) is 0.857. The fourth-order valence-electron chi connectivity index (χ4n) is 2.89. The number of likely N-dealkylation sites (tertiary alicyclic amines) is 1. The van der Waals surface area contributed by atoms with Crippen molar-refractivity contribution >= 4 is 16.8 Å². The number of hydrogen-bond acceptors (Lipinski definition) is 2. The average molecular weight is 272 g/mol. The molecule has 0 spiro atoms. The predicted molar refractivity (Wildman–Crippen MR) is 79.0 cm³/mol. The highest BCUT2D eigenvalue weighted by Crippen LogP contribution is 2.23. The van der Waals surface area contributed by atoms with Gasteiger partial charge in [0.1, 0.15) is 0 Å². The molecule has 20 heavy (non-hydrogen) atoms. The molecule has 0 N–H and O–H groups in total. The molecule has 0 radical (unpaired) electrons. The predicted octanol–water partition coefficient (Wildman–Crippen LogP) is 2.52. The minimum Gasteiger partial charge on any atom is -0.383 e. The largest absolute Gasteiger partial charge is 0.383 e. The van der Waals surface area contributed by atoms with E-state index in [4.69, 9.17) is 4.74 Å². The van der Waals surface area contributed by atoms with Crippen molar-refractivity contribution in [3.8, 4) is 0 Å². The number of aromatic nitrogens is 1. The lowest BCUT2D eigenvalue weighted by molar-refractivity contribution is 0.0795. The van der Waals surface area contributed by atoms with Gasteiger partial charge < -0.3 is 14.2 Å². The smallest absolute Gasteiger partial charge is 0.254 e.